The number of fused-ring (bicyclic) bond motifs is 8. The molecule has 12 rings (SSSR count). The van der Waals surface area contributed by atoms with Crippen LogP contribution in [0.25, 0.3) is 31.3 Å². The van der Waals surface area contributed by atoms with Crippen molar-refractivity contribution in [2.24, 2.45) is 9.98 Å². The number of nitrogens with zero attached hydrogens (tertiary/aromatic N) is 3. The molecule has 0 N–H and O–H groups in total. The van der Waals surface area contributed by atoms with Gasteiger partial charge in [-0.25, -0.2) is 9.98 Å². The van der Waals surface area contributed by atoms with Gasteiger partial charge >= 0.3 is 0 Å². The van der Waals surface area contributed by atoms with Gasteiger partial charge < -0.3 is 14.4 Å². The lowest BCUT2D eigenvalue weighted by Gasteiger charge is -2.35. The minimum absolute atomic E-state index is 0.456. The van der Waals surface area contributed by atoms with Gasteiger partial charge in [0.25, 0.3) is 0 Å². The van der Waals surface area contributed by atoms with E-state index in [0.717, 1.165) is 33.7 Å². The van der Waals surface area contributed by atoms with Gasteiger partial charge in [0.05, 0.1) is 5.41 Å². The van der Waals surface area contributed by atoms with Crippen molar-refractivity contribution in [2.45, 2.75) is 11.6 Å². The van der Waals surface area contributed by atoms with Crippen LogP contribution in [0.3, 0.4) is 0 Å². The van der Waals surface area contributed by atoms with E-state index in [9.17, 15) is 0 Å². The van der Waals surface area contributed by atoms with E-state index >= 15 is 0 Å². The normalized spacial score (nSPS) is 15.9. The van der Waals surface area contributed by atoms with Crippen molar-refractivity contribution >= 4 is 43.2 Å². The maximum absolute atomic E-state index is 7.11. The van der Waals surface area contributed by atoms with Crippen molar-refractivity contribution in [1.82, 2.24) is 4.90 Å². The molecule has 1 aliphatic carbocycles. The van der Waals surface area contributed by atoms with Crippen LogP contribution in [-0.4, -0.2) is 23.6 Å². The van der Waals surface area contributed by atoms with Crippen LogP contribution in [0.15, 0.2) is 198 Å². The summed E-state index contributed by atoms with van der Waals surface area (Å²) in [6, 6.07) is 66.4. The van der Waals surface area contributed by atoms with E-state index in [4.69, 9.17) is 19.5 Å². The van der Waals surface area contributed by atoms with Crippen molar-refractivity contribution in [2.75, 3.05) is 7.05 Å². The van der Waals surface area contributed by atoms with Crippen LogP contribution in [0.2, 0.25) is 0 Å². The molecule has 0 saturated heterocycles. The van der Waals surface area contributed by atoms with Gasteiger partial charge in [0.2, 0.25) is 0 Å². The van der Waals surface area contributed by atoms with Crippen LogP contribution in [-0.2, 0) is 5.41 Å². The molecule has 6 heteroatoms. The summed E-state index contributed by atoms with van der Waals surface area (Å²) < 4.78 is 16.5. The van der Waals surface area contributed by atoms with E-state index in [1.807, 2.05) is 41.7 Å². The Balaban J connectivity index is 1.00. The molecule has 3 heterocycles. The molecule has 3 aliphatic rings. The molecule has 0 bridgehead atoms. The molecule has 1 aromatic heterocycles. The molecule has 5 nitrogen and oxygen atoms in total. The Hall–Kier alpha value is -7.28. The molecule has 0 spiro atoms. The Kier molecular flexibility index (Phi) is 7.53. The number of para-hydroxylation sites is 1. The highest BCUT2D eigenvalue weighted by atomic mass is 32.1. The molecule has 0 fully saturated rings. The Labute approximate surface area is 345 Å². The van der Waals surface area contributed by atoms with Gasteiger partial charge in [0, 0.05) is 43.9 Å². The zero-order valence-electron chi connectivity index (χ0n) is 32.0. The fraction of sp³-hybridized carbons (Fsp3) is 0.0566. The Morgan fingerprint density at radius 1 is 0.525 bits per heavy atom. The zero-order chi connectivity index (χ0) is 39.1. The van der Waals surface area contributed by atoms with E-state index in [-0.39, 0.29) is 0 Å². The number of thiophene rings is 1. The third-order valence-electron chi connectivity index (χ3n) is 12.1. The molecule has 0 saturated carbocycles. The van der Waals surface area contributed by atoms with E-state index in [1.54, 1.807) is 0 Å². The molecule has 0 radical (unpaired) electrons. The van der Waals surface area contributed by atoms with Crippen molar-refractivity contribution in [3.8, 4) is 34.1 Å². The predicted octanol–water partition coefficient (Wildman–Crippen LogP) is 13.2. The summed E-state index contributed by atoms with van der Waals surface area (Å²) in [5.41, 5.74) is 9.41. The summed E-state index contributed by atoms with van der Waals surface area (Å²) in [6.45, 7) is 0. The number of benzene rings is 8. The van der Waals surface area contributed by atoms with Crippen LogP contribution in [0.5, 0.6) is 23.0 Å². The topological polar surface area (TPSA) is 46.4 Å². The van der Waals surface area contributed by atoms with Crippen molar-refractivity contribution in [3.05, 3.63) is 227 Å². The zero-order valence-corrected chi connectivity index (χ0v) is 32.9. The first kappa shape index (κ1) is 33.8. The van der Waals surface area contributed by atoms with Crippen LogP contribution < -0.4 is 9.47 Å². The highest BCUT2D eigenvalue weighted by molar-refractivity contribution is 7.25. The van der Waals surface area contributed by atoms with Crippen LogP contribution in [0, 0.1) is 0 Å². The standard InChI is InChI=1S/C53H35N3O2S/c1-56-51(34-28-29-39-38-23-12-14-27-47(38)59-48(39)30-34)54-50(33-16-5-2-6-17-33)55-52(56)40-24-15-26-44-49(40)58-46-32-43-41(31-45(46)57-44)37-22-11-13-25-42(37)53(43,35-18-7-3-8-19-35)36-20-9-4-10-21-36/h2-32,52H,1H3. The first-order valence-electron chi connectivity index (χ1n) is 19.9. The van der Waals surface area contributed by atoms with Gasteiger partial charge in [-0.05, 0) is 63.7 Å². The average molecular weight is 778 g/mol. The van der Waals surface area contributed by atoms with Crippen molar-refractivity contribution in [1.29, 1.82) is 0 Å². The Morgan fingerprint density at radius 2 is 1.20 bits per heavy atom. The van der Waals surface area contributed by atoms with E-state index < -0.39 is 11.6 Å². The summed E-state index contributed by atoms with van der Waals surface area (Å²) in [6.07, 6.45) is -0.456. The number of ether oxygens (including phenoxy) is 2. The molecule has 1 atom stereocenters. The fourth-order valence-electron chi connectivity index (χ4n) is 9.43. The lowest BCUT2D eigenvalue weighted by atomic mass is 9.67. The fourth-order valence-corrected chi connectivity index (χ4v) is 10.6. The van der Waals surface area contributed by atoms with Gasteiger partial charge in [0.15, 0.2) is 35.0 Å². The van der Waals surface area contributed by atoms with Crippen LogP contribution in [0.4, 0.5) is 0 Å². The molecule has 2 aliphatic heterocycles. The molecule has 9 aromatic rings. The summed E-state index contributed by atoms with van der Waals surface area (Å²) in [5.74, 6) is 4.16. The molecule has 0 amide bonds. The summed E-state index contributed by atoms with van der Waals surface area (Å²) >= 11 is 1.81. The van der Waals surface area contributed by atoms with E-state index in [1.165, 1.54) is 42.4 Å². The number of amidine groups is 2. The van der Waals surface area contributed by atoms with Crippen LogP contribution >= 0.6 is 11.3 Å². The minimum atomic E-state index is -0.564. The first-order chi connectivity index (χ1) is 29.1. The summed E-state index contributed by atoms with van der Waals surface area (Å²) in [7, 11) is 2.07. The largest absolute Gasteiger partial charge is 0.449 e. The number of hydrogen-bond acceptors (Lipinski definition) is 6. The molecule has 280 valence electrons. The quantitative estimate of drug-likeness (QED) is 0.175. The monoisotopic (exact) mass is 777 g/mol. The molecular formula is C53H35N3O2S. The smallest absolute Gasteiger partial charge is 0.177 e. The molecule has 1 unspecified atom stereocenters. The van der Waals surface area contributed by atoms with Gasteiger partial charge in [-0.1, -0.05) is 158 Å². The highest BCUT2D eigenvalue weighted by Crippen LogP contribution is 2.60. The second kappa shape index (κ2) is 13.1. The molecular weight excluding hydrogens is 743 g/mol. The lowest BCUT2D eigenvalue weighted by Crippen LogP contribution is -2.36. The highest BCUT2D eigenvalue weighted by Gasteiger charge is 2.47. The Morgan fingerprint density at radius 3 is 2.00 bits per heavy atom. The number of hydrogen-bond donors (Lipinski definition) is 0. The second-order valence-electron chi connectivity index (χ2n) is 15.3. The SMILES string of the molecule is CN1C(c2ccc3c(c2)sc2ccccc23)=NC(c2ccccc2)=NC1c1cccc2c1Oc1cc3c(cc1O2)-c1ccccc1C3(c1ccccc1)c1ccccc1. The van der Waals surface area contributed by atoms with Gasteiger partial charge in [-0.3, -0.25) is 0 Å². The summed E-state index contributed by atoms with van der Waals surface area (Å²) in [5, 5.41) is 2.52. The number of rotatable bonds is 5. The van der Waals surface area contributed by atoms with Gasteiger partial charge in [-0.15, -0.1) is 11.3 Å². The second-order valence-corrected chi connectivity index (χ2v) is 16.4. The van der Waals surface area contributed by atoms with Gasteiger partial charge in [-0.2, -0.15) is 0 Å². The Bertz CT molecular complexity index is 3150. The first-order valence-corrected chi connectivity index (χ1v) is 20.7. The molecule has 8 aromatic carbocycles. The third-order valence-corrected chi connectivity index (χ3v) is 13.2. The number of aliphatic imine (C=N–C) groups is 2. The van der Waals surface area contributed by atoms with Gasteiger partial charge in [0.1, 0.15) is 5.84 Å². The predicted molar refractivity (Wildman–Crippen MR) is 240 cm³/mol. The summed E-state index contributed by atoms with van der Waals surface area (Å²) in [4.78, 5) is 12.8. The lowest BCUT2D eigenvalue weighted by molar-refractivity contribution is 0.332. The van der Waals surface area contributed by atoms with E-state index in [0.29, 0.717) is 28.8 Å². The van der Waals surface area contributed by atoms with E-state index in [2.05, 4.69) is 170 Å². The van der Waals surface area contributed by atoms with Crippen molar-refractivity contribution in [3.63, 3.8) is 0 Å². The molecule has 59 heavy (non-hydrogen) atoms. The van der Waals surface area contributed by atoms with Crippen LogP contribution in [0.1, 0.15) is 45.1 Å². The average Bonchev–Trinajstić information content (AvgIpc) is 3.81. The minimum Gasteiger partial charge on any atom is -0.449 e. The van der Waals surface area contributed by atoms with Crippen molar-refractivity contribution < 1.29 is 9.47 Å². The third kappa shape index (κ3) is 5.09. The maximum Gasteiger partial charge on any atom is 0.177 e. The maximum atomic E-state index is 7.11.